The molecule has 4 nitrogen and oxygen atoms in total. The lowest BCUT2D eigenvalue weighted by Crippen LogP contribution is -2.54. The molecule has 2 heterocycles. The molecular weight excluding hydrogens is 306 g/mol. The number of thiophene rings is 1. The zero-order chi connectivity index (χ0) is 13.5. The van der Waals surface area contributed by atoms with E-state index in [1.54, 1.807) is 16.4 Å². The molecular formula is C12H16ClNO3S2. The molecule has 7 heteroatoms. The summed E-state index contributed by atoms with van der Waals surface area (Å²) in [5.74, 6) is 0. The predicted molar refractivity (Wildman–Crippen MR) is 75.2 cm³/mol. The van der Waals surface area contributed by atoms with Crippen LogP contribution in [0, 0.1) is 0 Å². The normalized spacial score (nSPS) is 29.1. The number of hydrogen-bond donors (Lipinski definition) is 0. The zero-order valence-electron chi connectivity index (χ0n) is 10.4. The van der Waals surface area contributed by atoms with Gasteiger partial charge in [-0.3, -0.25) is 0 Å². The van der Waals surface area contributed by atoms with Crippen LogP contribution in [0.15, 0.2) is 16.3 Å². The minimum atomic E-state index is -3.42. The van der Waals surface area contributed by atoms with Crippen LogP contribution >= 0.6 is 22.9 Å². The van der Waals surface area contributed by atoms with E-state index in [1.807, 2.05) is 0 Å². The van der Waals surface area contributed by atoms with Crippen LogP contribution < -0.4 is 0 Å². The molecule has 2 aliphatic rings. The smallest absolute Gasteiger partial charge is 0.253 e. The highest BCUT2D eigenvalue weighted by atomic mass is 35.5. The molecule has 1 saturated heterocycles. The van der Waals surface area contributed by atoms with Crippen molar-refractivity contribution in [3.8, 4) is 0 Å². The topological polar surface area (TPSA) is 46.6 Å². The van der Waals surface area contributed by atoms with Crippen LogP contribution in [0.2, 0.25) is 4.34 Å². The van der Waals surface area contributed by atoms with Gasteiger partial charge in [-0.05, 0) is 25.0 Å². The van der Waals surface area contributed by atoms with E-state index < -0.39 is 10.0 Å². The van der Waals surface area contributed by atoms with Gasteiger partial charge in [0.2, 0.25) is 0 Å². The van der Waals surface area contributed by atoms with Gasteiger partial charge in [-0.1, -0.05) is 24.4 Å². The maximum absolute atomic E-state index is 12.7. The largest absolute Gasteiger partial charge is 0.375 e. The van der Waals surface area contributed by atoms with E-state index in [4.69, 9.17) is 16.3 Å². The number of nitrogens with zero attached hydrogens (tertiary/aromatic N) is 1. The second-order valence-corrected chi connectivity index (χ2v) is 8.77. The molecule has 1 saturated carbocycles. The van der Waals surface area contributed by atoms with Gasteiger partial charge in [0.1, 0.15) is 4.21 Å². The second kappa shape index (κ2) is 5.33. The summed E-state index contributed by atoms with van der Waals surface area (Å²) in [5, 5.41) is 0. The molecule has 0 N–H and O–H groups in total. The molecule has 1 aliphatic carbocycles. The quantitative estimate of drug-likeness (QED) is 0.841. The van der Waals surface area contributed by atoms with E-state index in [-0.39, 0.29) is 12.1 Å². The van der Waals surface area contributed by atoms with Gasteiger partial charge in [0.05, 0.1) is 23.1 Å². The molecule has 2 fully saturated rings. The van der Waals surface area contributed by atoms with Crippen molar-refractivity contribution in [3.05, 3.63) is 16.5 Å². The van der Waals surface area contributed by atoms with E-state index in [9.17, 15) is 8.42 Å². The highest BCUT2D eigenvalue weighted by molar-refractivity contribution is 7.91. The number of fused-ring (bicyclic) bond motifs is 1. The van der Waals surface area contributed by atoms with Crippen molar-refractivity contribution in [2.24, 2.45) is 0 Å². The minimum absolute atomic E-state index is 0.00613. The van der Waals surface area contributed by atoms with Gasteiger partial charge in [-0.25, -0.2) is 8.42 Å². The van der Waals surface area contributed by atoms with Crippen LogP contribution in [0.5, 0.6) is 0 Å². The van der Waals surface area contributed by atoms with Gasteiger partial charge in [0.15, 0.2) is 0 Å². The number of ether oxygens (including phenoxy) is 1. The van der Waals surface area contributed by atoms with Crippen LogP contribution in [0.3, 0.4) is 0 Å². The predicted octanol–water partition coefficient (Wildman–Crippen LogP) is 2.73. The van der Waals surface area contributed by atoms with E-state index in [2.05, 4.69) is 0 Å². The molecule has 1 aromatic heterocycles. The summed E-state index contributed by atoms with van der Waals surface area (Å²) in [4.78, 5) is 0. The molecule has 3 rings (SSSR count). The van der Waals surface area contributed by atoms with Gasteiger partial charge in [0, 0.05) is 6.54 Å². The maximum atomic E-state index is 12.7. The van der Waals surface area contributed by atoms with Crippen molar-refractivity contribution in [2.75, 3.05) is 13.2 Å². The van der Waals surface area contributed by atoms with Crippen molar-refractivity contribution in [3.63, 3.8) is 0 Å². The first-order chi connectivity index (χ1) is 9.09. The molecule has 0 unspecified atom stereocenters. The Hall–Kier alpha value is -0.140. The van der Waals surface area contributed by atoms with E-state index in [0.717, 1.165) is 37.0 Å². The first kappa shape index (κ1) is 13.8. The SMILES string of the molecule is O=S(=O)(c1ccc(Cl)s1)N1CCO[C@@H]2CCCC[C@@H]21. The highest BCUT2D eigenvalue weighted by Crippen LogP contribution is 2.35. The van der Waals surface area contributed by atoms with Crippen LogP contribution in [0.25, 0.3) is 0 Å². The van der Waals surface area contributed by atoms with Gasteiger partial charge >= 0.3 is 0 Å². The fourth-order valence-corrected chi connectivity index (χ4v) is 6.19. The standard InChI is InChI=1S/C12H16ClNO3S2/c13-11-5-6-12(18-11)19(15,16)14-7-8-17-10-4-2-1-3-9(10)14/h5-6,9-10H,1-4,7-8H2/t9-,10+/m0/s1. The third kappa shape index (κ3) is 2.56. The Kier molecular flexibility index (Phi) is 3.88. The minimum Gasteiger partial charge on any atom is -0.375 e. The van der Waals surface area contributed by atoms with Crippen LogP contribution in [0.4, 0.5) is 0 Å². The molecule has 106 valence electrons. The van der Waals surface area contributed by atoms with Gasteiger partial charge < -0.3 is 4.74 Å². The lowest BCUT2D eigenvalue weighted by Gasteiger charge is -2.42. The zero-order valence-corrected chi connectivity index (χ0v) is 12.8. The molecule has 0 amide bonds. The summed E-state index contributed by atoms with van der Waals surface area (Å²) in [6.45, 7) is 0.929. The lowest BCUT2D eigenvalue weighted by molar-refractivity contribution is -0.0585. The molecule has 1 aliphatic heterocycles. The van der Waals surface area contributed by atoms with Crippen LogP contribution in [0.1, 0.15) is 25.7 Å². The van der Waals surface area contributed by atoms with Gasteiger partial charge in [0.25, 0.3) is 10.0 Å². The summed E-state index contributed by atoms with van der Waals surface area (Å²) < 4.78 is 33.5. The summed E-state index contributed by atoms with van der Waals surface area (Å²) in [6, 6.07) is 3.22. The maximum Gasteiger partial charge on any atom is 0.253 e. The molecule has 2 atom stereocenters. The average Bonchev–Trinajstić information content (AvgIpc) is 2.85. The summed E-state index contributed by atoms with van der Waals surface area (Å²) in [6.07, 6.45) is 4.11. The second-order valence-electron chi connectivity index (χ2n) is 4.94. The number of sulfonamides is 1. The van der Waals surface area contributed by atoms with E-state index >= 15 is 0 Å². The number of halogens is 1. The molecule has 0 bridgehead atoms. The summed E-state index contributed by atoms with van der Waals surface area (Å²) >= 11 is 6.98. The van der Waals surface area contributed by atoms with Crippen LogP contribution in [-0.2, 0) is 14.8 Å². The summed E-state index contributed by atoms with van der Waals surface area (Å²) in [5.41, 5.74) is 0. The van der Waals surface area contributed by atoms with Gasteiger partial charge in [-0.15, -0.1) is 11.3 Å². The first-order valence-corrected chi connectivity index (χ1v) is 9.11. The van der Waals surface area contributed by atoms with Crippen molar-refractivity contribution in [1.29, 1.82) is 0 Å². The highest BCUT2D eigenvalue weighted by Gasteiger charge is 2.41. The lowest BCUT2D eigenvalue weighted by atomic mass is 9.91. The summed E-state index contributed by atoms with van der Waals surface area (Å²) in [7, 11) is -3.42. The number of rotatable bonds is 2. The van der Waals surface area contributed by atoms with Crippen molar-refractivity contribution < 1.29 is 13.2 Å². The van der Waals surface area contributed by atoms with Crippen molar-refractivity contribution >= 4 is 33.0 Å². The number of hydrogen-bond acceptors (Lipinski definition) is 4. The van der Waals surface area contributed by atoms with Crippen LogP contribution in [-0.4, -0.2) is 38.0 Å². The Bertz CT molecular complexity index is 555. The monoisotopic (exact) mass is 321 g/mol. The average molecular weight is 322 g/mol. The molecule has 1 aromatic rings. The fraction of sp³-hybridized carbons (Fsp3) is 0.667. The number of morpholine rings is 1. The Labute approximate surface area is 122 Å². The molecule has 0 spiro atoms. The fourth-order valence-electron chi connectivity index (χ4n) is 2.91. The Morgan fingerprint density at radius 2 is 2.11 bits per heavy atom. The molecule has 19 heavy (non-hydrogen) atoms. The Balaban J connectivity index is 1.91. The first-order valence-electron chi connectivity index (χ1n) is 6.48. The van der Waals surface area contributed by atoms with Gasteiger partial charge in [-0.2, -0.15) is 4.31 Å². The Morgan fingerprint density at radius 3 is 2.84 bits per heavy atom. The third-order valence-corrected chi connectivity index (χ3v) is 7.42. The van der Waals surface area contributed by atoms with Crippen molar-refractivity contribution in [2.45, 2.75) is 42.0 Å². The van der Waals surface area contributed by atoms with E-state index in [1.165, 1.54) is 0 Å². The van der Waals surface area contributed by atoms with E-state index in [0.29, 0.717) is 21.7 Å². The Morgan fingerprint density at radius 1 is 1.32 bits per heavy atom. The van der Waals surface area contributed by atoms with Crippen molar-refractivity contribution in [1.82, 2.24) is 4.31 Å². The third-order valence-electron chi connectivity index (χ3n) is 3.79. The molecule has 0 radical (unpaired) electrons. The molecule has 0 aromatic carbocycles.